The SMILES string of the molecule is CC1CC(C)CC(NC(=O)c2csc(I)c2)C1. The molecular formula is C13H18INOS. The maximum absolute atomic E-state index is 12.0. The van der Waals surface area contributed by atoms with Crippen molar-refractivity contribution in [3.8, 4) is 0 Å². The van der Waals surface area contributed by atoms with Crippen molar-refractivity contribution in [2.24, 2.45) is 11.8 Å². The van der Waals surface area contributed by atoms with Crippen LogP contribution in [0.25, 0.3) is 0 Å². The number of halogens is 1. The summed E-state index contributed by atoms with van der Waals surface area (Å²) in [4.78, 5) is 12.0. The predicted octanol–water partition coefficient (Wildman–Crippen LogP) is 3.91. The summed E-state index contributed by atoms with van der Waals surface area (Å²) in [6.07, 6.45) is 3.54. The van der Waals surface area contributed by atoms with E-state index in [0.29, 0.717) is 6.04 Å². The summed E-state index contributed by atoms with van der Waals surface area (Å²) < 4.78 is 1.16. The molecule has 0 spiro atoms. The van der Waals surface area contributed by atoms with Gasteiger partial charge in [-0.3, -0.25) is 4.79 Å². The van der Waals surface area contributed by atoms with Gasteiger partial charge in [0.1, 0.15) is 0 Å². The Morgan fingerprint density at radius 1 is 1.35 bits per heavy atom. The standard InChI is InChI=1S/C13H18INOS/c1-8-3-9(2)5-11(4-8)15-13(16)10-6-12(14)17-7-10/h6-9,11H,3-5H2,1-2H3,(H,15,16). The van der Waals surface area contributed by atoms with Gasteiger partial charge >= 0.3 is 0 Å². The van der Waals surface area contributed by atoms with Crippen molar-refractivity contribution in [1.29, 1.82) is 0 Å². The van der Waals surface area contributed by atoms with Crippen molar-refractivity contribution >= 4 is 39.8 Å². The molecule has 2 nitrogen and oxygen atoms in total. The lowest BCUT2D eigenvalue weighted by molar-refractivity contribution is 0.0911. The number of hydrogen-bond donors (Lipinski definition) is 1. The molecule has 17 heavy (non-hydrogen) atoms. The largest absolute Gasteiger partial charge is 0.349 e. The van der Waals surface area contributed by atoms with E-state index in [9.17, 15) is 4.79 Å². The first-order valence-electron chi connectivity index (χ1n) is 6.09. The molecule has 1 amide bonds. The van der Waals surface area contributed by atoms with E-state index >= 15 is 0 Å². The summed E-state index contributed by atoms with van der Waals surface area (Å²) in [6, 6.07) is 2.31. The molecule has 1 fully saturated rings. The number of hydrogen-bond acceptors (Lipinski definition) is 2. The normalized spacial score (nSPS) is 29.0. The molecule has 1 aromatic rings. The molecule has 2 unspecified atom stereocenters. The Kier molecular flexibility index (Phi) is 4.47. The monoisotopic (exact) mass is 363 g/mol. The van der Waals surface area contributed by atoms with Crippen molar-refractivity contribution in [1.82, 2.24) is 5.32 Å². The fourth-order valence-electron chi connectivity index (χ4n) is 2.76. The lowest BCUT2D eigenvalue weighted by Crippen LogP contribution is -2.39. The van der Waals surface area contributed by atoms with E-state index in [0.717, 1.165) is 33.1 Å². The van der Waals surface area contributed by atoms with Crippen LogP contribution in [0.5, 0.6) is 0 Å². The fraction of sp³-hybridized carbons (Fsp3) is 0.615. The van der Waals surface area contributed by atoms with Crippen LogP contribution in [0.2, 0.25) is 0 Å². The third-order valence-electron chi connectivity index (χ3n) is 3.34. The zero-order valence-corrected chi connectivity index (χ0v) is 13.2. The van der Waals surface area contributed by atoms with Crippen LogP contribution in [-0.2, 0) is 0 Å². The van der Waals surface area contributed by atoms with Gasteiger partial charge in [-0.15, -0.1) is 11.3 Å². The van der Waals surface area contributed by atoms with Crippen LogP contribution < -0.4 is 5.32 Å². The van der Waals surface area contributed by atoms with Gasteiger partial charge in [-0.1, -0.05) is 13.8 Å². The van der Waals surface area contributed by atoms with Crippen LogP contribution >= 0.6 is 33.9 Å². The highest BCUT2D eigenvalue weighted by Crippen LogP contribution is 2.28. The lowest BCUT2D eigenvalue weighted by atomic mass is 9.80. The topological polar surface area (TPSA) is 29.1 Å². The highest BCUT2D eigenvalue weighted by molar-refractivity contribution is 14.1. The molecule has 1 heterocycles. The Hall–Kier alpha value is -0.100. The van der Waals surface area contributed by atoms with E-state index in [1.54, 1.807) is 11.3 Å². The Morgan fingerprint density at radius 3 is 2.53 bits per heavy atom. The third kappa shape index (κ3) is 3.68. The third-order valence-corrected chi connectivity index (χ3v) is 5.13. The van der Waals surface area contributed by atoms with Gasteiger partial charge in [0.2, 0.25) is 0 Å². The minimum absolute atomic E-state index is 0.0930. The summed E-state index contributed by atoms with van der Waals surface area (Å²) in [5.74, 6) is 1.55. The van der Waals surface area contributed by atoms with E-state index in [2.05, 4.69) is 41.8 Å². The maximum atomic E-state index is 12.0. The van der Waals surface area contributed by atoms with Gasteiger partial charge < -0.3 is 5.32 Å². The highest BCUT2D eigenvalue weighted by Gasteiger charge is 2.25. The molecule has 1 aromatic heterocycles. The Bertz CT molecular complexity index is 394. The molecule has 94 valence electrons. The molecular weight excluding hydrogens is 345 g/mol. The molecule has 4 heteroatoms. The first kappa shape index (κ1) is 13.3. The molecule has 0 bridgehead atoms. The second-order valence-corrected chi connectivity index (χ2v) is 8.03. The quantitative estimate of drug-likeness (QED) is 0.794. The van der Waals surface area contributed by atoms with Crippen LogP contribution in [0.4, 0.5) is 0 Å². The Morgan fingerprint density at radius 2 is 2.00 bits per heavy atom. The van der Waals surface area contributed by atoms with Gasteiger partial charge in [0.05, 0.1) is 8.45 Å². The maximum Gasteiger partial charge on any atom is 0.252 e. The molecule has 0 radical (unpaired) electrons. The second kappa shape index (κ2) is 5.69. The van der Waals surface area contributed by atoms with Gasteiger partial charge in [0, 0.05) is 11.4 Å². The number of carbonyl (C=O) groups excluding carboxylic acids is 1. The Labute approximate surface area is 120 Å². The van der Waals surface area contributed by atoms with E-state index in [4.69, 9.17) is 0 Å². The summed E-state index contributed by atoms with van der Waals surface area (Å²) in [5, 5.41) is 5.11. The summed E-state index contributed by atoms with van der Waals surface area (Å²) in [7, 11) is 0. The van der Waals surface area contributed by atoms with E-state index in [1.165, 1.54) is 6.42 Å². The molecule has 1 saturated carbocycles. The van der Waals surface area contributed by atoms with Gasteiger partial charge in [-0.05, 0) is 59.8 Å². The zero-order valence-electron chi connectivity index (χ0n) is 10.2. The average Bonchev–Trinajstić information content (AvgIpc) is 2.63. The van der Waals surface area contributed by atoms with Crippen LogP contribution in [-0.4, -0.2) is 11.9 Å². The number of nitrogens with one attached hydrogen (secondary N) is 1. The minimum atomic E-state index is 0.0930. The van der Waals surface area contributed by atoms with Crippen molar-refractivity contribution in [3.05, 3.63) is 19.9 Å². The first-order valence-corrected chi connectivity index (χ1v) is 8.05. The minimum Gasteiger partial charge on any atom is -0.349 e. The summed E-state index contributed by atoms with van der Waals surface area (Å²) in [5.41, 5.74) is 0.810. The van der Waals surface area contributed by atoms with E-state index < -0.39 is 0 Å². The van der Waals surface area contributed by atoms with Crippen molar-refractivity contribution in [2.75, 3.05) is 0 Å². The predicted molar refractivity (Wildman–Crippen MR) is 80.5 cm³/mol. The molecule has 2 rings (SSSR count). The van der Waals surface area contributed by atoms with E-state index in [-0.39, 0.29) is 5.91 Å². The van der Waals surface area contributed by atoms with E-state index in [1.807, 2.05) is 11.4 Å². The smallest absolute Gasteiger partial charge is 0.252 e. The fourth-order valence-corrected chi connectivity index (χ4v) is 4.09. The average molecular weight is 363 g/mol. The van der Waals surface area contributed by atoms with Gasteiger partial charge in [0.25, 0.3) is 5.91 Å². The van der Waals surface area contributed by atoms with Crippen molar-refractivity contribution in [2.45, 2.75) is 39.2 Å². The molecule has 1 aliphatic rings. The number of amides is 1. The summed E-state index contributed by atoms with van der Waals surface area (Å²) in [6.45, 7) is 4.56. The van der Waals surface area contributed by atoms with Gasteiger partial charge in [-0.2, -0.15) is 0 Å². The molecule has 2 atom stereocenters. The van der Waals surface area contributed by atoms with Crippen LogP contribution in [0, 0.1) is 14.7 Å². The number of carbonyl (C=O) groups is 1. The second-order valence-electron chi connectivity index (χ2n) is 5.23. The first-order chi connectivity index (χ1) is 8.04. The number of thiophene rings is 1. The van der Waals surface area contributed by atoms with Gasteiger partial charge in [0.15, 0.2) is 0 Å². The van der Waals surface area contributed by atoms with Crippen molar-refractivity contribution in [3.63, 3.8) is 0 Å². The number of rotatable bonds is 2. The molecule has 1 aliphatic carbocycles. The molecule has 0 saturated heterocycles. The van der Waals surface area contributed by atoms with Crippen LogP contribution in [0.15, 0.2) is 11.4 Å². The molecule has 1 N–H and O–H groups in total. The lowest BCUT2D eigenvalue weighted by Gasteiger charge is -2.31. The Balaban J connectivity index is 1.94. The molecule has 0 aromatic carbocycles. The van der Waals surface area contributed by atoms with Crippen LogP contribution in [0.3, 0.4) is 0 Å². The van der Waals surface area contributed by atoms with Crippen molar-refractivity contribution < 1.29 is 4.79 Å². The zero-order chi connectivity index (χ0) is 12.4. The van der Waals surface area contributed by atoms with Gasteiger partial charge in [-0.25, -0.2) is 0 Å². The summed E-state index contributed by atoms with van der Waals surface area (Å²) >= 11 is 3.87. The highest BCUT2D eigenvalue weighted by atomic mass is 127. The molecule has 0 aliphatic heterocycles. The van der Waals surface area contributed by atoms with Crippen LogP contribution in [0.1, 0.15) is 43.5 Å².